The highest BCUT2D eigenvalue weighted by atomic mass is 79.9. The molecule has 1 fully saturated rings. The Labute approximate surface area is 178 Å². The summed E-state index contributed by atoms with van der Waals surface area (Å²) in [5.41, 5.74) is 1.22. The first-order valence-electron chi connectivity index (χ1n) is 7.56. The zero-order chi connectivity index (χ0) is 19.7. The topological polar surface area (TPSA) is 66.8 Å². The number of carbonyl (C=O) groups excluding carboxylic acids is 2. The number of carbonyl (C=O) groups is 2. The number of hydrogen-bond acceptors (Lipinski definition) is 5. The van der Waals surface area contributed by atoms with E-state index in [1.807, 2.05) is 0 Å². The van der Waals surface area contributed by atoms with Gasteiger partial charge in [-0.05, 0) is 53.2 Å². The molecule has 0 unspecified atom stereocenters. The van der Waals surface area contributed by atoms with E-state index in [1.54, 1.807) is 30.3 Å². The molecule has 3 rings (SSSR count). The van der Waals surface area contributed by atoms with Crippen LogP contribution in [0, 0.1) is 0 Å². The molecule has 2 amide bonds. The molecule has 0 aliphatic carbocycles. The molecule has 1 heterocycles. The molecule has 2 aromatic carbocycles. The summed E-state index contributed by atoms with van der Waals surface area (Å²) in [5.74, 6) is -0.196. The number of imide groups is 1. The van der Waals surface area contributed by atoms with Crippen LogP contribution in [0.3, 0.4) is 0 Å². The van der Waals surface area contributed by atoms with Gasteiger partial charge < -0.3 is 9.84 Å². The fourth-order valence-electron chi connectivity index (χ4n) is 2.43. The first-order valence-corrected chi connectivity index (χ1v) is 9.92. The third-order valence-electron chi connectivity index (χ3n) is 3.80. The molecule has 5 nitrogen and oxygen atoms in total. The van der Waals surface area contributed by atoms with E-state index < -0.39 is 5.91 Å². The van der Waals surface area contributed by atoms with E-state index in [0.29, 0.717) is 25.6 Å². The molecule has 1 N–H and O–H groups in total. The molecule has 0 saturated carbocycles. The van der Waals surface area contributed by atoms with Crippen molar-refractivity contribution in [1.82, 2.24) is 4.90 Å². The molecule has 9 heteroatoms. The van der Waals surface area contributed by atoms with E-state index in [1.165, 1.54) is 13.2 Å². The normalized spacial score (nSPS) is 15.7. The average Bonchev–Trinajstić information content (AvgIpc) is 2.87. The average molecular weight is 489 g/mol. The Morgan fingerprint density at radius 1 is 1.26 bits per heavy atom. The summed E-state index contributed by atoms with van der Waals surface area (Å²) < 4.78 is 5.64. The van der Waals surface area contributed by atoms with Crippen LogP contribution in [0.2, 0.25) is 10.0 Å². The van der Waals surface area contributed by atoms with Crippen molar-refractivity contribution in [2.75, 3.05) is 7.11 Å². The van der Waals surface area contributed by atoms with Crippen molar-refractivity contribution in [3.05, 3.63) is 60.9 Å². The highest BCUT2D eigenvalue weighted by Gasteiger charge is 2.35. The Morgan fingerprint density at radius 2 is 2.00 bits per heavy atom. The molecule has 0 spiro atoms. The van der Waals surface area contributed by atoms with Crippen molar-refractivity contribution in [2.24, 2.45) is 0 Å². The van der Waals surface area contributed by atoms with Gasteiger partial charge in [0.25, 0.3) is 11.1 Å². The van der Waals surface area contributed by atoms with Crippen molar-refractivity contribution in [3.63, 3.8) is 0 Å². The van der Waals surface area contributed by atoms with E-state index in [0.717, 1.165) is 16.7 Å². The summed E-state index contributed by atoms with van der Waals surface area (Å²) in [4.78, 5) is 26.4. The van der Waals surface area contributed by atoms with E-state index in [2.05, 4.69) is 15.9 Å². The van der Waals surface area contributed by atoms with Gasteiger partial charge in [0, 0.05) is 14.5 Å². The minimum Gasteiger partial charge on any atom is -0.504 e. The summed E-state index contributed by atoms with van der Waals surface area (Å²) >= 11 is 16.2. The van der Waals surface area contributed by atoms with Crippen molar-refractivity contribution < 1.29 is 19.4 Å². The van der Waals surface area contributed by atoms with Crippen LogP contribution in [0.25, 0.3) is 6.08 Å². The van der Waals surface area contributed by atoms with Gasteiger partial charge in [-0.3, -0.25) is 14.5 Å². The molecule has 0 radical (unpaired) electrons. The Balaban J connectivity index is 1.89. The van der Waals surface area contributed by atoms with Gasteiger partial charge in [-0.1, -0.05) is 45.2 Å². The second-order valence-electron chi connectivity index (χ2n) is 5.55. The molecule has 2 aromatic rings. The van der Waals surface area contributed by atoms with Crippen molar-refractivity contribution in [3.8, 4) is 11.5 Å². The van der Waals surface area contributed by atoms with Crippen LogP contribution in [0.15, 0.2) is 39.7 Å². The van der Waals surface area contributed by atoms with Gasteiger partial charge >= 0.3 is 0 Å². The van der Waals surface area contributed by atoms with Crippen molar-refractivity contribution >= 4 is 68.1 Å². The lowest BCUT2D eigenvalue weighted by Crippen LogP contribution is -2.27. The van der Waals surface area contributed by atoms with E-state index >= 15 is 0 Å². The number of amides is 2. The number of hydrogen-bond donors (Lipinski definition) is 1. The Morgan fingerprint density at radius 3 is 2.67 bits per heavy atom. The van der Waals surface area contributed by atoms with Crippen LogP contribution in [-0.2, 0) is 11.3 Å². The SMILES string of the molecule is COc1cc(C=C2SC(=O)N(Cc3ccc(Cl)cc3Cl)C2=O)c(Br)cc1O. The Kier molecular flexibility index (Phi) is 6.05. The zero-order valence-electron chi connectivity index (χ0n) is 13.8. The molecule has 0 atom stereocenters. The first kappa shape index (κ1) is 20.1. The van der Waals surface area contributed by atoms with Crippen molar-refractivity contribution in [2.45, 2.75) is 6.54 Å². The molecular formula is C18H12BrCl2NO4S. The molecule has 140 valence electrons. The smallest absolute Gasteiger partial charge is 0.293 e. The molecule has 1 aliphatic rings. The third-order valence-corrected chi connectivity index (χ3v) is 5.98. The number of methoxy groups -OCH3 is 1. The van der Waals surface area contributed by atoms with Gasteiger partial charge in [0.15, 0.2) is 11.5 Å². The van der Waals surface area contributed by atoms with Crippen LogP contribution in [0.4, 0.5) is 4.79 Å². The van der Waals surface area contributed by atoms with Gasteiger partial charge in [0.2, 0.25) is 0 Å². The zero-order valence-corrected chi connectivity index (χ0v) is 17.7. The summed E-state index contributed by atoms with van der Waals surface area (Å²) in [6.45, 7) is 0.0536. The molecule has 27 heavy (non-hydrogen) atoms. The maximum absolute atomic E-state index is 12.7. The predicted molar refractivity (Wildman–Crippen MR) is 110 cm³/mol. The van der Waals surface area contributed by atoms with Gasteiger partial charge in [-0.2, -0.15) is 0 Å². The lowest BCUT2D eigenvalue weighted by Gasteiger charge is -2.13. The highest BCUT2D eigenvalue weighted by molar-refractivity contribution is 9.10. The first-order chi connectivity index (χ1) is 12.8. The van der Waals surface area contributed by atoms with Crippen molar-refractivity contribution in [1.29, 1.82) is 0 Å². The number of phenols is 1. The number of rotatable bonds is 4. The van der Waals surface area contributed by atoms with Gasteiger partial charge in [-0.15, -0.1) is 0 Å². The number of ether oxygens (including phenoxy) is 1. The minimum absolute atomic E-state index is 0.0352. The number of aromatic hydroxyl groups is 1. The molecule has 0 bridgehead atoms. The lowest BCUT2D eigenvalue weighted by molar-refractivity contribution is -0.123. The van der Waals surface area contributed by atoms with Gasteiger partial charge in [0.1, 0.15) is 0 Å². The number of thioether (sulfide) groups is 1. The summed E-state index contributed by atoms with van der Waals surface area (Å²) in [6, 6.07) is 7.93. The van der Waals surface area contributed by atoms with Crippen LogP contribution in [-0.4, -0.2) is 28.3 Å². The van der Waals surface area contributed by atoms with Crippen LogP contribution in [0.5, 0.6) is 11.5 Å². The van der Waals surface area contributed by atoms with Crippen LogP contribution < -0.4 is 4.74 Å². The Hall–Kier alpha value is -1.67. The second kappa shape index (κ2) is 8.14. The predicted octanol–water partition coefficient (Wildman–Crippen LogP) is 5.71. The highest BCUT2D eigenvalue weighted by Crippen LogP contribution is 2.38. The minimum atomic E-state index is -0.421. The van der Waals surface area contributed by atoms with Gasteiger partial charge in [-0.25, -0.2) is 0 Å². The largest absolute Gasteiger partial charge is 0.504 e. The quantitative estimate of drug-likeness (QED) is 0.558. The summed E-state index contributed by atoms with van der Waals surface area (Å²) in [7, 11) is 1.43. The monoisotopic (exact) mass is 487 g/mol. The second-order valence-corrected chi connectivity index (χ2v) is 8.24. The maximum Gasteiger partial charge on any atom is 0.293 e. The fourth-order valence-corrected chi connectivity index (χ4v) is 4.17. The van der Waals surface area contributed by atoms with Gasteiger partial charge in [0.05, 0.1) is 18.6 Å². The number of nitrogens with zero attached hydrogens (tertiary/aromatic N) is 1. The summed E-state index contributed by atoms with van der Waals surface area (Å²) in [6.07, 6.45) is 1.57. The maximum atomic E-state index is 12.7. The van der Waals surface area contributed by atoms with E-state index in [9.17, 15) is 14.7 Å². The van der Waals surface area contributed by atoms with E-state index in [4.69, 9.17) is 27.9 Å². The fraction of sp³-hybridized carbons (Fsp3) is 0.111. The molecule has 1 saturated heterocycles. The molecule has 0 aromatic heterocycles. The third kappa shape index (κ3) is 4.27. The van der Waals surface area contributed by atoms with Crippen LogP contribution in [0.1, 0.15) is 11.1 Å². The number of benzene rings is 2. The van der Waals surface area contributed by atoms with Crippen LogP contribution >= 0.6 is 50.9 Å². The Bertz CT molecular complexity index is 980. The number of halogens is 3. The standard InChI is InChI=1S/C18H12BrCl2NO4S/c1-26-15-4-10(12(19)7-14(15)23)5-16-17(24)22(18(25)27-16)8-9-2-3-11(20)6-13(9)21/h2-7,23H,8H2,1H3. The summed E-state index contributed by atoms with van der Waals surface area (Å²) in [5, 5.41) is 10.3. The molecular weight excluding hydrogens is 477 g/mol. The lowest BCUT2D eigenvalue weighted by atomic mass is 10.1. The van der Waals surface area contributed by atoms with E-state index in [-0.39, 0.29) is 28.2 Å². The number of phenolic OH excluding ortho intramolecular Hbond substituents is 1. The molecule has 1 aliphatic heterocycles.